The number of fused-ring (bicyclic) bond motifs is 1. The Bertz CT molecular complexity index is 834. The molecule has 3 rings (SSSR count). The second kappa shape index (κ2) is 7.47. The van der Waals surface area contributed by atoms with E-state index in [-0.39, 0.29) is 18.7 Å². The number of nitrogens with one attached hydrogen (secondary N) is 1. The largest absolute Gasteiger partial charge is 0.487 e. The van der Waals surface area contributed by atoms with E-state index in [0.29, 0.717) is 29.2 Å². The quantitative estimate of drug-likeness (QED) is 0.846. The number of ether oxygens (including phenoxy) is 2. The van der Waals surface area contributed by atoms with Crippen molar-refractivity contribution in [1.82, 2.24) is 0 Å². The summed E-state index contributed by atoms with van der Waals surface area (Å²) in [4.78, 5) is 26.7. The number of rotatable bonds is 3. The smallest absolute Gasteiger partial charge is 0.340 e. The number of hydrogen-bond acceptors (Lipinski definition) is 4. The molecule has 2 amide bonds. The molecule has 0 radical (unpaired) electrons. The normalized spacial score (nSPS) is 15.7. The summed E-state index contributed by atoms with van der Waals surface area (Å²) in [7, 11) is 0. The minimum atomic E-state index is -0.463. The number of carbonyl (C=O) groups excluding carboxylic acids is 2. The number of hydrogen-bond donors (Lipinski definition) is 1. The average Bonchev–Trinajstić information content (AvgIpc) is 2.62. The van der Waals surface area contributed by atoms with Crippen LogP contribution in [0.4, 0.5) is 16.2 Å². The summed E-state index contributed by atoms with van der Waals surface area (Å²) in [5.74, 6) is 0.207. The van der Waals surface area contributed by atoms with E-state index in [2.05, 4.69) is 5.32 Å². The Balaban J connectivity index is 1.88. The predicted octanol–water partition coefficient (Wildman–Crippen LogP) is 3.99. The highest BCUT2D eigenvalue weighted by Crippen LogP contribution is 2.34. The average molecular weight is 354 g/mol. The van der Waals surface area contributed by atoms with Gasteiger partial charge in [-0.2, -0.15) is 0 Å². The van der Waals surface area contributed by atoms with Gasteiger partial charge in [0, 0.05) is 0 Å². The van der Waals surface area contributed by atoms with Gasteiger partial charge in [0.2, 0.25) is 0 Å². The minimum Gasteiger partial charge on any atom is -0.487 e. The van der Waals surface area contributed by atoms with Crippen LogP contribution in [0.15, 0.2) is 42.5 Å². The van der Waals surface area contributed by atoms with E-state index in [9.17, 15) is 9.59 Å². The van der Waals surface area contributed by atoms with Gasteiger partial charge in [-0.05, 0) is 50.6 Å². The van der Waals surface area contributed by atoms with E-state index in [1.807, 2.05) is 32.0 Å². The lowest BCUT2D eigenvalue weighted by atomic mass is 10.1. The van der Waals surface area contributed by atoms with Crippen LogP contribution in [0.3, 0.4) is 0 Å². The molecule has 0 saturated carbocycles. The molecule has 0 saturated heterocycles. The van der Waals surface area contributed by atoms with Crippen molar-refractivity contribution < 1.29 is 19.1 Å². The molecule has 1 atom stereocenters. The number of esters is 1. The lowest BCUT2D eigenvalue weighted by Crippen LogP contribution is -2.44. The van der Waals surface area contributed by atoms with E-state index < -0.39 is 5.97 Å². The van der Waals surface area contributed by atoms with Crippen LogP contribution < -0.4 is 15.0 Å². The van der Waals surface area contributed by atoms with Gasteiger partial charge in [0.05, 0.1) is 30.1 Å². The second-order valence-electron chi connectivity index (χ2n) is 6.21. The van der Waals surface area contributed by atoms with Gasteiger partial charge in [-0.3, -0.25) is 4.90 Å². The molecule has 1 N–H and O–H groups in total. The Kier molecular flexibility index (Phi) is 5.11. The van der Waals surface area contributed by atoms with Crippen LogP contribution in [0.2, 0.25) is 0 Å². The number of aryl methyl sites for hydroxylation is 1. The van der Waals surface area contributed by atoms with Gasteiger partial charge >= 0.3 is 12.0 Å². The van der Waals surface area contributed by atoms with Crippen molar-refractivity contribution in [2.24, 2.45) is 0 Å². The SMILES string of the molecule is CCOC(=O)c1ccccc1NC(=O)N1C[C@H](C)Oc2ccc(C)cc21. The van der Waals surface area contributed by atoms with E-state index in [0.717, 1.165) is 5.56 Å². The first kappa shape index (κ1) is 17.8. The van der Waals surface area contributed by atoms with Gasteiger partial charge in [-0.25, -0.2) is 9.59 Å². The molecule has 136 valence electrons. The molecule has 0 aliphatic carbocycles. The first-order chi connectivity index (χ1) is 12.5. The molecule has 2 aromatic rings. The molecule has 0 unspecified atom stereocenters. The van der Waals surface area contributed by atoms with Crippen LogP contribution in [0.25, 0.3) is 0 Å². The summed E-state index contributed by atoms with van der Waals surface area (Å²) >= 11 is 0. The molecule has 1 aliphatic rings. The zero-order chi connectivity index (χ0) is 18.7. The predicted molar refractivity (Wildman–Crippen MR) is 100 cm³/mol. The van der Waals surface area contributed by atoms with Crippen LogP contribution in [-0.4, -0.2) is 31.3 Å². The summed E-state index contributed by atoms with van der Waals surface area (Å²) in [6.45, 7) is 6.31. The van der Waals surface area contributed by atoms with Crippen molar-refractivity contribution in [3.63, 3.8) is 0 Å². The highest BCUT2D eigenvalue weighted by molar-refractivity contribution is 6.07. The molecule has 0 spiro atoms. The third-order valence-corrected chi connectivity index (χ3v) is 4.08. The Labute approximate surface area is 152 Å². The third-order valence-electron chi connectivity index (χ3n) is 4.08. The van der Waals surface area contributed by atoms with Gasteiger partial charge in [0.15, 0.2) is 0 Å². The third kappa shape index (κ3) is 3.64. The highest BCUT2D eigenvalue weighted by atomic mass is 16.5. The Hall–Kier alpha value is -3.02. The molecule has 6 heteroatoms. The van der Waals surface area contributed by atoms with Gasteiger partial charge in [0.25, 0.3) is 0 Å². The van der Waals surface area contributed by atoms with Crippen molar-refractivity contribution in [3.8, 4) is 5.75 Å². The highest BCUT2D eigenvalue weighted by Gasteiger charge is 2.28. The van der Waals surface area contributed by atoms with E-state index in [4.69, 9.17) is 9.47 Å². The summed E-state index contributed by atoms with van der Waals surface area (Å²) in [6, 6.07) is 12.2. The molecule has 6 nitrogen and oxygen atoms in total. The number of para-hydroxylation sites is 1. The number of urea groups is 1. The number of nitrogens with zero attached hydrogens (tertiary/aromatic N) is 1. The van der Waals surface area contributed by atoms with Crippen LogP contribution >= 0.6 is 0 Å². The fraction of sp³-hybridized carbons (Fsp3) is 0.300. The summed E-state index contributed by atoms with van der Waals surface area (Å²) in [5, 5.41) is 2.83. The van der Waals surface area contributed by atoms with E-state index >= 15 is 0 Å². The number of carbonyl (C=O) groups is 2. The minimum absolute atomic E-state index is 0.128. The molecule has 0 aromatic heterocycles. The van der Waals surface area contributed by atoms with Gasteiger partial charge < -0.3 is 14.8 Å². The zero-order valence-corrected chi connectivity index (χ0v) is 15.1. The summed E-state index contributed by atoms with van der Waals surface area (Å²) < 4.78 is 10.9. The lowest BCUT2D eigenvalue weighted by molar-refractivity contribution is 0.0527. The number of benzene rings is 2. The molecule has 26 heavy (non-hydrogen) atoms. The Morgan fingerprint density at radius 3 is 2.81 bits per heavy atom. The first-order valence-corrected chi connectivity index (χ1v) is 8.61. The summed E-state index contributed by atoms with van der Waals surface area (Å²) in [5.41, 5.74) is 2.50. The van der Waals surface area contributed by atoms with Crippen molar-refractivity contribution in [2.45, 2.75) is 26.9 Å². The standard InChI is InChI=1S/C20H22N2O4/c1-4-25-19(23)15-7-5-6-8-16(15)21-20(24)22-12-14(3)26-18-10-9-13(2)11-17(18)22/h5-11,14H,4,12H2,1-3H3,(H,21,24)/t14-/m0/s1. The monoisotopic (exact) mass is 354 g/mol. The Morgan fingerprint density at radius 2 is 2.04 bits per heavy atom. The van der Waals surface area contributed by atoms with Gasteiger partial charge in [0.1, 0.15) is 11.9 Å². The van der Waals surface area contributed by atoms with Crippen molar-refractivity contribution in [2.75, 3.05) is 23.4 Å². The topological polar surface area (TPSA) is 67.9 Å². The number of amides is 2. The van der Waals surface area contributed by atoms with Crippen LogP contribution in [-0.2, 0) is 4.74 Å². The fourth-order valence-electron chi connectivity index (χ4n) is 2.90. The summed E-state index contributed by atoms with van der Waals surface area (Å²) in [6.07, 6.45) is -0.128. The molecule has 1 aliphatic heterocycles. The molecule has 2 aromatic carbocycles. The number of anilines is 2. The lowest BCUT2D eigenvalue weighted by Gasteiger charge is -2.33. The van der Waals surface area contributed by atoms with E-state index in [1.54, 1.807) is 36.1 Å². The second-order valence-corrected chi connectivity index (χ2v) is 6.21. The van der Waals surface area contributed by atoms with Crippen molar-refractivity contribution >= 4 is 23.4 Å². The maximum absolute atomic E-state index is 12.9. The first-order valence-electron chi connectivity index (χ1n) is 8.61. The molecule has 0 bridgehead atoms. The molecular weight excluding hydrogens is 332 g/mol. The van der Waals surface area contributed by atoms with Crippen LogP contribution in [0, 0.1) is 6.92 Å². The van der Waals surface area contributed by atoms with Crippen molar-refractivity contribution in [3.05, 3.63) is 53.6 Å². The Morgan fingerprint density at radius 1 is 1.27 bits per heavy atom. The van der Waals surface area contributed by atoms with Gasteiger partial charge in [-0.1, -0.05) is 18.2 Å². The van der Waals surface area contributed by atoms with Crippen LogP contribution in [0.5, 0.6) is 5.75 Å². The molecular formula is C20H22N2O4. The maximum Gasteiger partial charge on any atom is 0.340 e. The maximum atomic E-state index is 12.9. The zero-order valence-electron chi connectivity index (χ0n) is 15.1. The fourth-order valence-corrected chi connectivity index (χ4v) is 2.90. The molecule has 0 fully saturated rings. The van der Waals surface area contributed by atoms with Crippen LogP contribution in [0.1, 0.15) is 29.8 Å². The van der Waals surface area contributed by atoms with E-state index in [1.165, 1.54) is 0 Å². The van der Waals surface area contributed by atoms with Gasteiger partial charge in [-0.15, -0.1) is 0 Å². The molecule has 1 heterocycles. The van der Waals surface area contributed by atoms with Crippen molar-refractivity contribution in [1.29, 1.82) is 0 Å².